The van der Waals surface area contributed by atoms with Gasteiger partial charge in [0.05, 0.1) is 0 Å². The van der Waals surface area contributed by atoms with E-state index in [0.29, 0.717) is 18.5 Å². The fourth-order valence-corrected chi connectivity index (χ4v) is 1.91. The van der Waals surface area contributed by atoms with Crippen molar-refractivity contribution in [3.8, 4) is 0 Å². The third-order valence-corrected chi connectivity index (χ3v) is 3.02. The van der Waals surface area contributed by atoms with Crippen LogP contribution in [0.2, 0.25) is 0 Å². The molecule has 0 fully saturated rings. The predicted octanol–water partition coefficient (Wildman–Crippen LogP) is 2.41. The Labute approximate surface area is 119 Å². The van der Waals surface area contributed by atoms with Crippen molar-refractivity contribution in [3.63, 3.8) is 0 Å². The SMILES string of the molecule is CCNC(=O)c1ccc(NC(C)CCC(=O)O)c(C)c1. The molecule has 1 unspecified atom stereocenters. The summed E-state index contributed by atoms with van der Waals surface area (Å²) in [6, 6.07) is 5.53. The van der Waals surface area contributed by atoms with Gasteiger partial charge in [0.1, 0.15) is 0 Å². The maximum Gasteiger partial charge on any atom is 0.303 e. The molecule has 3 N–H and O–H groups in total. The summed E-state index contributed by atoms with van der Waals surface area (Å²) in [5.41, 5.74) is 2.53. The summed E-state index contributed by atoms with van der Waals surface area (Å²) < 4.78 is 0. The minimum Gasteiger partial charge on any atom is -0.481 e. The lowest BCUT2D eigenvalue weighted by atomic mass is 10.1. The molecule has 0 bridgehead atoms. The summed E-state index contributed by atoms with van der Waals surface area (Å²) >= 11 is 0. The second-order valence-electron chi connectivity index (χ2n) is 4.87. The number of benzene rings is 1. The smallest absolute Gasteiger partial charge is 0.303 e. The number of carbonyl (C=O) groups excluding carboxylic acids is 1. The maximum absolute atomic E-state index is 11.7. The molecule has 1 aromatic rings. The van der Waals surface area contributed by atoms with Crippen LogP contribution in [0, 0.1) is 6.92 Å². The largest absolute Gasteiger partial charge is 0.481 e. The van der Waals surface area contributed by atoms with Gasteiger partial charge in [-0.1, -0.05) is 0 Å². The minimum absolute atomic E-state index is 0.0696. The van der Waals surface area contributed by atoms with Crippen molar-refractivity contribution in [2.75, 3.05) is 11.9 Å². The highest BCUT2D eigenvalue weighted by molar-refractivity contribution is 5.94. The van der Waals surface area contributed by atoms with E-state index in [1.165, 1.54) is 0 Å². The van der Waals surface area contributed by atoms with Crippen molar-refractivity contribution in [1.29, 1.82) is 0 Å². The van der Waals surface area contributed by atoms with Crippen LogP contribution >= 0.6 is 0 Å². The quantitative estimate of drug-likeness (QED) is 0.715. The number of amides is 1. The number of rotatable bonds is 7. The average molecular weight is 278 g/mol. The van der Waals surface area contributed by atoms with Gasteiger partial charge in [-0.05, 0) is 51.0 Å². The maximum atomic E-state index is 11.7. The number of anilines is 1. The molecule has 5 nitrogen and oxygen atoms in total. The van der Waals surface area contributed by atoms with Crippen LogP contribution in [0.15, 0.2) is 18.2 Å². The van der Waals surface area contributed by atoms with Crippen LogP contribution in [0.25, 0.3) is 0 Å². The topological polar surface area (TPSA) is 78.4 Å². The van der Waals surface area contributed by atoms with E-state index < -0.39 is 5.97 Å². The first-order chi connectivity index (χ1) is 9.43. The first-order valence-corrected chi connectivity index (χ1v) is 6.81. The molecule has 0 saturated carbocycles. The van der Waals surface area contributed by atoms with Crippen molar-refractivity contribution >= 4 is 17.6 Å². The van der Waals surface area contributed by atoms with E-state index in [1.807, 2.05) is 32.9 Å². The van der Waals surface area contributed by atoms with Gasteiger partial charge in [-0.3, -0.25) is 9.59 Å². The van der Waals surface area contributed by atoms with Gasteiger partial charge in [0.2, 0.25) is 0 Å². The van der Waals surface area contributed by atoms with E-state index in [2.05, 4.69) is 10.6 Å². The highest BCUT2D eigenvalue weighted by atomic mass is 16.4. The molecule has 0 spiro atoms. The Bertz CT molecular complexity index is 486. The lowest BCUT2D eigenvalue weighted by Crippen LogP contribution is -2.23. The predicted molar refractivity (Wildman–Crippen MR) is 79.1 cm³/mol. The van der Waals surface area contributed by atoms with Gasteiger partial charge in [-0.15, -0.1) is 0 Å². The molecule has 0 aliphatic rings. The summed E-state index contributed by atoms with van der Waals surface area (Å²) in [6.45, 7) is 6.35. The molecule has 1 atom stereocenters. The molecule has 110 valence electrons. The molecule has 1 amide bonds. The molecule has 5 heteroatoms. The number of nitrogens with one attached hydrogen (secondary N) is 2. The Morgan fingerprint density at radius 3 is 2.60 bits per heavy atom. The molecule has 0 radical (unpaired) electrons. The van der Waals surface area contributed by atoms with Gasteiger partial charge >= 0.3 is 5.97 Å². The normalized spacial score (nSPS) is 11.8. The first-order valence-electron chi connectivity index (χ1n) is 6.81. The van der Waals surface area contributed by atoms with Gasteiger partial charge < -0.3 is 15.7 Å². The van der Waals surface area contributed by atoms with E-state index in [0.717, 1.165) is 11.3 Å². The molecule has 20 heavy (non-hydrogen) atoms. The zero-order chi connectivity index (χ0) is 15.1. The standard InChI is InChI=1S/C15H22N2O3/c1-4-16-15(20)12-6-7-13(10(2)9-12)17-11(3)5-8-14(18)19/h6-7,9,11,17H,4-5,8H2,1-3H3,(H,16,20)(H,18,19). The van der Waals surface area contributed by atoms with E-state index in [9.17, 15) is 9.59 Å². The summed E-state index contributed by atoms with van der Waals surface area (Å²) in [4.78, 5) is 22.2. The lowest BCUT2D eigenvalue weighted by molar-refractivity contribution is -0.137. The summed E-state index contributed by atoms with van der Waals surface area (Å²) in [5, 5.41) is 14.7. The fraction of sp³-hybridized carbons (Fsp3) is 0.467. The van der Waals surface area contributed by atoms with E-state index in [1.54, 1.807) is 6.07 Å². The van der Waals surface area contributed by atoms with Crippen LogP contribution in [0.3, 0.4) is 0 Å². The number of carbonyl (C=O) groups is 2. The van der Waals surface area contributed by atoms with Gasteiger partial charge in [0.15, 0.2) is 0 Å². The van der Waals surface area contributed by atoms with Gasteiger partial charge in [-0.2, -0.15) is 0 Å². The summed E-state index contributed by atoms with van der Waals surface area (Å²) in [7, 11) is 0. The summed E-state index contributed by atoms with van der Waals surface area (Å²) in [6.07, 6.45) is 0.705. The van der Waals surface area contributed by atoms with Crippen molar-refractivity contribution in [2.45, 2.75) is 39.7 Å². The molecule has 0 aromatic heterocycles. The van der Waals surface area contributed by atoms with Crippen LogP contribution in [-0.2, 0) is 4.79 Å². The number of aryl methyl sites for hydroxylation is 1. The van der Waals surface area contributed by atoms with E-state index >= 15 is 0 Å². The minimum atomic E-state index is -0.790. The second-order valence-corrected chi connectivity index (χ2v) is 4.87. The monoisotopic (exact) mass is 278 g/mol. The van der Waals surface area contributed by atoms with Crippen LogP contribution in [0.1, 0.15) is 42.6 Å². The molecular formula is C15H22N2O3. The Hall–Kier alpha value is -2.04. The Morgan fingerprint density at radius 2 is 2.05 bits per heavy atom. The number of carboxylic acid groups (broad SMARTS) is 1. The third kappa shape index (κ3) is 4.91. The second kappa shape index (κ2) is 7.53. The molecule has 0 aliphatic heterocycles. The van der Waals surface area contributed by atoms with E-state index in [-0.39, 0.29) is 18.4 Å². The Balaban J connectivity index is 2.68. The molecule has 1 aromatic carbocycles. The lowest BCUT2D eigenvalue weighted by Gasteiger charge is -2.17. The van der Waals surface area contributed by atoms with Crippen LogP contribution in [0.5, 0.6) is 0 Å². The number of carboxylic acids is 1. The van der Waals surface area contributed by atoms with Crippen LogP contribution < -0.4 is 10.6 Å². The zero-order valence-corrected chi connectivity index (χ0v) is 12.2. The molecule has 0 aliphatic carbocycles. The first kappa shape index (κ1) is 16.0. The van der Waals surface area contributed by atoms with Gasteiger partial charge in [-0.25, -0.2) is 0 Å². The number of hydrogen-bond donors (Lipinski definition) is 3. The van der Waals surface area contributed by atoms with Crippen molar-refractivity contribution < 1.29 is 14.7 Å². The highest BCUT2D eigenvalue weighted by Gasteiger charge is 2.09. The van der Waals surface area contributed by atoms with E-state index in [4.69, 9.17) is 5.11 Å². The Kier molecular flexibility index (Phi) is 6.03. The molecular weight excluding hydrogens is 256 g/mol. The third-order valence-electron chi connectivity index (χ3n) is 3.02. The number of aliphatic carboxylic acids is 1. The van der Waals surface area contributed by atoms with Crippen LogP contribution in [-0.4, -0.2) is 29.6 Å². The fourth-order valence-electron chi connectivity index (χ4n) is 1.91. The van der Waals surface area contributed by atoms with Gasteiger partial charge in [0.25, 0.3) is 5.91 Å². The Morgan fingerprint density at radius 1 is 1.35 bits per heavy atom. The van der Waals surface area contributed by atoms with Crippen molar-refractivity contribution in [3.05, 3.63) is 29.3 Å². The van der Waals surface area contributed by atoms with Crippen molar-refractivity contribution in [2.24, 2.45) is 0 Å². The summed E-state index contributed by atoms with van der Waals surface area (Å²) in [5.74, 6) is -0.872. The van der Waals surface area contributed by atoms with Crippen molar-refractivity contribution in [1.82, 2.24) is 5.32 Å². The average Bonchev–Trinajstić information content (AvgIpc) is 2.39. The molecule has 0 heterocycles. The van der Waals surface area contributed by atoms with Crippen LogP contribution in [0.4, 0.5) is 5.69 Å². The zero-order valence-electron chi connectivity index (χ0n) is 12.2. The highest BCUT2D eigenvalue weighted by Crippen LogP contribution is 2.18. The van der Waals surface area contributed by atoms with Gasteiger partial charge in [0, 0.05) is 30.3 Å². The molecule has 1 rings (SSSR count). The number of hydrogen-bond acceptors (Lipinski definition) is 3. The molecule has 0 saturated heterocycles.